The van der Waals surface area contributed by atoms with E-state index in [1.807, 2.05) is 11.8 Å². The normalized spacial score (nSPS) is 26.2. The van der Waals surface area contributed by atoms with Crippen molar-refractivity contribution >= 4 is 16.1 Å². The van der Waals surface area contributed by atoms with Crippen LogP contribution in [-0.2, 0) is 15.0 Å². The molecule has 0 radical (unpaired) electrons. The molecule has 1 amide bonds. The van der Waals surface area contributed by atoms with Crippen molar-refractivity contribution in [1.82, 2.24) is 18.8 Å². The Bertz CT molecular complexity index is 454. The average Bonchev–Trinajstić information content (AvgIpc) is 2.47. The lowest BCUT2D eigenvalue weighted by Gasteiger charge is -2.41. The number of hydrogen-bond acceptors (Lipinski definition) is 4. The number of carbonyl (C=O) groups is 1. The standard InChI is InChI=1S/C12H24N4O3S/c1-3-14(2)20(18,19)15-7-4-5-11(10-15)16-8-6-13-9-12(16)17/h11,13H,3-10H2,1-2H3. The molecule has 2 heterocycles. The van der Waals surface area contributed by atoms with Crippen LogP contribution in [0, 0.1) is 0 Å². The molecule has 2 aliphatic heterocycles. The van der Waals surface area contributed by atoms with E-state index in [9.17, 15) is 13.2 Å². The van der Waals surface area contributed by atoms with E-state index in [1.165, 1.54) is 8.61 Å². The molecule has 2 fully saturated rings. The average molecular weight is 304 g/mol. The number of piperidine rings is 1. The first-order valence-electron chi connectivity index (χ1n) is 7.18. The van der Waals surface area contributed by atoms with Gasteiger partial charge in [0.05, 0.1) is 6.54 Å². The maximum absolute atomic E-state index is 12.4. The zero-order chi connectivity index (χ0) is 14.8. The van der Waals surface area contributed by atoms with E-state index in [-0.39, 0.29) is 11.9 Å². The zero-order valence-corrected chi connectivity index (χ0v) is 13.0. The van der Waals surface area contributed by atoms with Gasteiger partial charge in [-0.05, 0) is 12.8 Å². The highest BCUT2D eigenvalue weighted by molar-refractivity contribution is 7.86. The second-order valence-corrected chi connectivity index (χ2v) is 7.38. The minimum absolute atomic E-state index is 0.0124. The van der Waals surface area contributed by atoms with Crippen LogP contribution in [0.2, 0.25) is 0 Å². The summed E-state index contributed by atoms with van der Waals surface area (Å²) in [7, 11) is -1.80. The molecule has 0 aromatic carbocycles. The molecule has 0 spiro atoms. The van der Waals surface area contributed by atoms with Crippen molar-refractivity contribution < 1.29 is 13.2 Å². The van der Waals surface area contributed by atoms with Gasteiger partial charge in [0.2, 0.25) is 5.91 Å². The second kappa shape index (κ2) is 6.38. The van der Waals surface area contributed by atoms with Gasteiger partial charge in [0, 0.05) is 45.8 Å². The first-order valence-corrected chi connectivity index (χ1v) is 8.58. The third-order valence-electron chi connectivity index (χ3n) is 4.09. The van der Waals surface area contributed by atoms with E-state index in [2.05, 4.69) is 5.32 Å². The summed E-state index contributed by atoms with van der Waals surface area (Å²) in [5.41, 5.74) is 0. The lowest BCUT2D eigenvalue weighted by Crippen LogP contribution is -2.58. The van der Waals surface area contributed by atoms with Crippen LogP contribution < -0.4 is 5.32 Å². The number of carbonyl (C=O) groups excluding carboxylic acids is 1. The fraction of sp³-hybridized carbons (Fsp3) is 0.917. The second-order valence-electron chi connectivity index (χ2n) is 5.34. The van der Waals surface area contributed by atoms with Gasteiger partial charge in [-0.1, -0.05) is 6.92 Å². The van der Waals surface area contributed by atoms with Gasteiger partial charge in [-0.25, -0.2) is 0 Å². The summed E-state index contributed by atoms with van der Waals surface area (Å²) in [5.74, 6) is 0.0735. The molecular formula is C12H24N4O3S. The van der Waals surface area contributed by atoms with E-state index in [0.29, 0.717) is 32.7 Å². The predicted octanol–water partition coefficient (Wildman–Crippen LogP) is -0.921. The summed E-state index contributed by atoms with van der Waals surface area (Å²) in [4.78, 5) is 13.8. The highest BCUT2D eigenvalue weighted by Crippen LogP contribution is 2.20. The lowest BCUT2D eigenvalue weighted by molar-refractivity contribution is -0.135. The van der Waals surface area contributed by atoms with Crippen molar-refractivity contribution in [2.45, 2.75) is 25.8 Å². The van der Waals surface area contributed by atoms with Crippen LogP contribution in [0.5, 0.6) is 0 Å². The summed E-state index contributed by atoms with van der Waals surface area (Å²) in [6, 6.07) is 0.0124. The van der Waals surface area contributed by atoms with E-state index in [0.717, 1.165) is 19.4 Å². The molecule has 2 aliphatic rings. The van der Waals surface area contributed by atoms with Gasteiger partial charge in [-0.15, -0.1) is 0 Å². The molecule has 0 aromatic heterocycles. The molecule has 2 saturated heterocycles. The fourth-order valence-electron chi connectivity index (χ4n) is 2.75. The van der Waals surface area contributed by atoms with Gasteiger partial charge in [0.15, 0.2) is 0 Å². The molecule has 1 unspecified atom stereocenters. The number of hydrogen-bond donors (Lipinski definition) is 1. The lowest BCUT2D eigenvalue weighted by atomic mass is 10.1. The number of nitrogens with one attached hydrogen (secondary N) is 1. The van der Waals surface area contributed by atoms with Crippen LogP contribution in [0.4, 0.5) is 0 Å². The molecule has 116 valence electrons. The Kier molecular flexibility index (Phi) is 5.00. The first-order chi connectivity index (χ1) is 9.46. The number of piperazine rings is 1. The zero-order valence-electron chi connectivity index (χ0n) is 12.2. The van der Waals surface area contributed by atoms with Crippen molar-refractivity contribution in [2.75, 3.05) is 46.3 Å². The van der Waals surface area contributed by atoms with Crippen LogP contribution in [0.1, 0.15) is 19.8 Å². The van der Waals surface area contributed by atoms with Crippen LogP contribution in [0.3, 0.4) is 0 Å². The summed E-state index contributed by atoms with van der Waals surface area (Å²) in [6.07, 6.45) is 1.69. The maximum Gasteiger partial charge on any atom is 0.281 e. The Morgan fingerprint density at radius 1 is 1.40 bits per heavy atom. The van der Waals surface area contributed by atoms with Gasteiger partial charge >= 0.3 is 0 Å². The Hall–Kier alpha value is -0.700. The van der Waals surface area contributed by atoms with E-state index in [1.54, 1.807) is 7.05 Å². The largest absolute Gasteiger partial charge is 0.336 e. The molecule has 0 aromatic rings. The third-order valence-corrected chi connectivity index (χ3v) is 6.12. The van der Waals surface area contributed by atoms with Gasteiger partial charge in [0.1, 0.15) is 0 Å². The molecule has 0 bridgehead atoms. The van der Waals surface area contributed by atoms with Crippen molar-refractivity contribution in [3.8, 4) is 0 Å². The van der Waals surface area contributed by atoms with Crippen molar-refractivity contribution in [1.29, 1.82) is 0 Å². The van der Waals surface area contributed by atoms with Gasteiger partial charge < -0.3 is 10.2 Å². The summed E-state index contributed by atoms with van der Waals surface area (Å²) < 4.78 is 27.6. The van der Waals surface area contributed by atoms with Crippen molar-refractivity contribution in [3.05, 3.63) is 0 Å². The highest BCUT2D eigenvalue weighted by Gasteiger charge is 2.35. The van der Waals surface area contributed by atoms with Crippen molar-refractivity contribution in [2.24, 2.45) is 0 Å². The number of rotatable bonds is 4. The van der Waals surface area contributed by atoms with Gasteiger partial charge in [0.25, 0.3) is 10.2 Å². The monoisotopic (exact) mass is 304 g/mol. The van der Waals surface area contributed by atoms with E-state index >= 15 is 0 Å². The molecule has 8 heteroatoms. The smallest absolute Gasteiger partial charge is 0.281 e. The molecule has 1 atom stereocenters. The summed E-state index contributed by atoms with van der Waals surface area (Å²) >= 11 is 0. The van der Waals surface area contributed by atoms with Crippen LogP contribution >= 0.6 is 0 Å². The maximum atomic E-state index is 12.4. The van der Waals surface area contributed by atoms with Crippen LogP contribution in [0.15, 0.2) is 0 Å². The Morgan fingerprint density at radius 2 is 2.15 bits per heavy atom. The molecule has 0 saturated carbocycles. The SMILES string of the molecule is CCN(C)S(=O)(=O)N1CCCC(N2CCNCC2=O)C1. The highest BCUT2D eigenvalue weighted by atomic mass is 32.2. The minimum Gasteiger partial charge on any atom is -0.336 e. The van der Waals surface area contributed by atoms with Gasteiger partial charge in [-0.3, -0.25) is 4.79 Å². The molecule has 2 rings (SSSR count). The van der Waals surface area contributed by atoms with Crippen molar-refractivity contribution in [3.63, 3.8) is 0 Å². The Labute approximate surface area is 121 Å². The van der Waals surface area contributed by atoms with E-state index < -0.39 is 10.2 Å². The predicted molar refractivity (Wildman–Crippen MR) is 76.4 cm³/mol. The minimum atomic E-state index is -3.39. The van der Waals surface area contributed by atoms with Crippen LogP contribution in [0.25, 0.3) is 0 Å². The molecule has 20 heavy (non-hydrogen) atoms. The number of amides is 1. The summed E-state index contributed by atoms with van der Waals surface area (Å²) in [6.45, 7) is 5.04. The summed E-state index contributed by atoms with van der Waals surface area (Å²) in [5, 5.41) is 3.04. The molecular weight excluding hydrogens is 280 g/mol. The topological polar surface area (TPSA) is 73.0 Å². The Balaban J connectivity index is 2.07. The molecule has 1 N–H and O–H groups in total. The Morgan fingerprint density at radius 3 is 2.80 bits per heavy atom. The first kappa shape index (κ1) is 15.7. The third kappa shape index (κ3) is 3.13. The number of nitrogens with zero attached hydrogens (tertiary/aromatic N) is 3. The quantitative estimate of drug-likeness (QED) is 0.729. The van der Waals surface area contributed by atoms with Crippen LogP contribution in [-0.4, -0.2) is 80.2 Å². The van der Waals surface area contributed by atoms with E-state index in [4.69, 9.17) is 0 Å². The fourth-order valence-corrected chi connectivity index (χ4v) is 4.19. The molecule has 7 nitrogen and oxygen atoms in total. The van der Waals surface area contributed by atoms with Gasteiger partial charge in [-0.2, -0.15) is 17.0 Å². The molecule has 0 aliphatic carbocycles.